The van der Waals surface area contributed by atoms with Gasteiger partial charge in [0.25, 0.3) is 5.91 Å². The number of carbonyl (C=O) groups excluding carboxylic acids is 2. The van der Waals surface area contributed by atoms with Crippen LogP contribution in [0.15, 0.2) is 46.3 Å². The van der Waals surface area contributed by atoms with E-state index in [1.54, 1.807) is 6.07 Å². The maximum atomic E-state index is 12.5. The molecule has 4 nitrogen and oxygen atoms in total. The third kappa shape index (κ3) is 4.42. The van der Waals surface area contributed by atoms with Gasteiger partial charge in [-0.1, -0.05) is 30.3 Å². The number of nitrogens with zero attached hydrogens (tertiary/aromatic N) is 1. The standard InChI is InChI=1S/C17H17BrN2O2S/c18-15-9-8-14(23-15)17(22)19-10-16(21)20(13-6-7-13)11-12-4-2-1-3-5-12/h1-5,8-9,13H,6-7,10-11H2,(H,19,22). The van der Waals surface area contributed by atoms with Crippen molar-refractivity contribution < 1.29 is 9.59 Å². The first-order valence-corrected chi connectivity index (χ1v) is 9.11. The summed E-state index contributed by atoms with van der Waals surface area (Å²) in [7, 11) is 0. The molecular weight excluding hydrogens is 376 g/mol. The second-order valence-electron chi connectivity index (χ2n) is 5.52. The number of halogens is 1. The van der Waals surface area contributed by atoms with Crippen LogP contribution in [-0.4, -0.2) is 29.3 Å². The van der Waals surface area contributed by atoms with E-state index in [0.29, 0.717) is 17.5 Å². The van der Waals surface area contributed by atoms with E-state index in [1.807, 2.05) is 41.3 Å². The molecule has 0 radical (unpaired) electrons. The van der Waals surface area contributed by atoms with Crippen molar-refractivity contribution in [2.24, 2.45) is 0 Å². The monoisotopic (exact) mass is 392 g/mol. The van der Waals surface area contributed by atoms with E-state index >= 15 is 0 Å². The lowest BCUT2D eigenvalue weighted by Crippen LogP contribution is -2.40. The number of hydrogen-bond donors (Lipinski definition) is 1. The van der Waals surface area contributed by atoms with Gasteiger partial charge in [-0.05, 0) is 46.5 Å². The molecule has 0 unspecified atom stereocenters. The molecule has 0 aliphatic heterocycles. The zero-order chi connectivity index (χ0) is 16.2. The van der Waals surface area contributed by atoms with Crippen molar-refractivity contribution in [3.05, 3.63) is 56.7 Å². The molecule has 23 heavy (non-hydrogen) atoms. The summed E-state index contributed by atoms with van der Waals surface area (Å²) in [5, 5.41) is 2.72. The van der Waals surface area contributed by atoms with Gasteiger partial charge in [0.05, 0.1) is 15.2 Å². The Bertz CT molecular complexity index is 698. The normalized spacial score (nSPS) is 13.6. The maximum Gasteiger partial charge on any atom is 0.261 e. The Morgan fingerprint density at radius 3 is 2.52 bits per heavy atom. The van der Waals surface area contributed by atoms with Crippen molar-refractivity contribution in [3.63, 3.8) is 0 Å². The molecule has 1 aliphatic carbocycles. The van der Waals surface area contributed by atoms with E-state index in [4.69, 9.17) is 0 Å². The molecule has 1 fully saturated rings. The van der Waals surface area contributed by atoms with Crippen LogP contribution in [0.4, 0.5) is 0 Å². The van der Waals surface area contributed by atoms with Gasteiger partial charge >= 0.3 is 0 Å². The first kappa shape index (κ1) is 16.2. The van der Waals surface area contributed by atoms with Crippen molar-refractivity contribution >= 4 is 39.1 Å². The van der Waals surface area contributed by atoms with Gasteiger partial charge in [0.1, 0.15) is 0 Å². The Morgan fingerprint density at radius 1 is 1.17 bits per heavy atom. The molecule has 1 aromatic carbocycles. The van der Waals surface area contributed by atoms with Crippen molar-refractivity contribution in [3.8, 4) is 0 Å². The number of carbonyl (C=O) groups is 2. The van der Waals surface area contributed by atoms with E-state index < -0.39 is 0 Å². The Hall–Kier alpha value is -1.66. The van der Waals surface area contributed by atoms with E-state index in [2.05, 4.69) is 21.2 Å². The minimum Gasteiger partial charge on any atom is -0.342 e. The predicted molar refractivity (Wildman–Crippen MR) is 94.4 cm³/mol. The van der Waals surface area contributed by atoms with Crippen LogP contribution in [0.5, 0.6) is 0 Å². The summed E-state index contributed by atoms with van der Waals surface area (Å²) in [6.07, 6.45) is 2.09. The molecule has 2 amide bonds. The van der Waals surface area contributed by atoms with Crippen molar-refractivity contribution in [2.45, 2.75) is 25.4 Å². The van der Waals surface area contributed by atoms with E-state index in [9.17, 15) is 9.59 Å². The number of benzene rings is 1. The fraction of sp³-hybridized carbons (Fsp3) is 0.294. The fourth-order valence-electron chi connectivity index (χ4n) is 2.37. The van der Waals surface area contributed by atoms with E-state index in [-0.39, 0.29) is 18.4 Å². The molecule has 0 spiro atoms. The average Bonchev–Trinajstić information content (AvgIpc) is 3.31. The molecule has 1 saturated carbocycles. The van der Waals surface area contributed by atoms with Gasteiger partial charge in [-0.15, -0.1) is 11.3 Å². The number of amides is 2. The Morgan fingerprint density at radius 2 is 1.91 bits per heavy atom. The minimum absolute atomic E-state index is 0.0275. The van der Waals surface area contributed by atoms with Crippen LogP contribution in [0, 0.1) is 0 Å². The molecule has 120 valence electrons. The Balaban J connectivity index is 1.57. The lowest BCUT2D eigenvalue weighted by molar-refractivity contribution is -0.131. The number of nitrogens with one attached hydrogen (secondary N) is 1. The topological polar surface area (TPSA) is 49.4 Å². The third-order valence-electron chi connectivity index (χ3n) is 3.70. The first-order valence-electron chi connectivity index (χ1n) is 7.50. The third-order valence-corrected chi connectivity index (χ3v) is 5.32. The Kier molecular flexibility index (Phi) is 5.13. The maximum absolute atomic E-state index is 12.5. The highest BCUT2D eigenvalue weighted by molar-refractivity contribution is 9.11. The second kappa shape index (κ2) is 7.27. The smallest absolute Gasteiger partial charge is 0.261 e. The van der Waals surface area contributed by atoms with Crippen LogP contribution in [0.25, 0.3) is 0 Å². The van der Waals surface area contributed by atoms with Gasteiger partial charge in [-0.25, -0.2) is 0 Å². The number of rotatable bonds is 6. The van der Waals surface area contributed by atoms with Crippen LogP contribution in [-0.2, 0) is 11.3 Å². The van der Waals surface area contributed by atoms with Crippen molar-refractivity contribution in [2.75, 3.05) is 6.54 Å². The summed E-state index contributed by atoms with van der Waals surface area (Å²) in [6.45, 7) is 0.641. The summed E-state index contributed by atoms with van der Waals surface area (Å²) in [5.41, 5.74) is 1.11. The largest absolute Gasteiger partial charge is 0.342 e. The molecule has 1 aliphatic rings. The highest BCUT2D eigenvalue weighted by Gasteiger charge is 2.32. The molecule has 3 rings (SSSR count). The van der Waals surface area contributed by atoms with Gasteiger partial charge in [0, 0.05) is 12.6 Å². The van der Waals surface area contributed by atoms with Crippen LogP contribution >= 0.6 is 27.3 Å². The average molecular weight is 393 g/mol. The van der Waals surface area contributed by atoms with Crippen molar-refractivity contribution in [1.82, 2.24) is 10.2 Å². The summed E-state index contributed by atoms with van der Waals surface area (Å²) in [6, 6.07) is 13.8. The molecule has 1 heterocycles. The van der Waals surface area contributed by atoms with Crippen LogP contribution in [0.1, 0.15) is 28.1 Å². The summed E-state index contributed by atoms with van der Waals surface area (Å²) in [4.78, 5) is 27.0. The lowest BCUT2D eigenvalue weighted by atomic mass is 10.2. The Labute approximate surface area is 147 Å². The van der Waals surface area contributed by atoms with Gasteiger partial charge in [0.2, 0.25) is 5.91 Å². The van der Waals surface area contributed by atoms with Gasteiger partial charge in [-0.2, -0.15) is 0 Å². The molecule has 6 heteroatoms. The van der Waals surface area contributed by atoms with E-state index in [0.717, 1.165) is 22.2 Å². The summed E-state index contributed by atoms with van der Waals surface area (Å²) in [5.74, 6) is -0.232. The molecular formula is C17H17BrN2O2S. The molecule has 1 aromatic heterocycles. The van der Waals surface area contributed by atoms with Crippen molar-refractivity contribution in [1.29, 1.82) is 0 Å². The molecule has 0 atom stereocenters. The number of thiophene rings is 1. The number of hydrogen-bond acceptors (Lipinski definition) is 3. The van der Waals surface area contributed by atoms with Gasteiger partial charge in [0.15, 0.2) is 0 Å². The van der Waals surface area contributed by atoms with Gasteiger partial charge in [-0.3, -0.25) is 9.59 Å². The highest BCUT2D eigenvalue weighted by atomic mass is 79.9. The van der Waals surface area contributed by atoms with Crippen LogP contribution in [0.2, 0.25) is 0 Å². The molecule has 0 bridgehead atoms. The van der Waals surface area contributed by atoms with Gasteiger partial charge < -0.3 is 10.2 Å². The lowest BCUT2D eigenvalue weighted by Gasteiger charge is -2.22. The predicted octanol–water partition coefficient (Wildman–Crippen LogP) is 3.43. The quantitative estimate of drug-likeness (QED) is 0.818. The first-order chi connectivity index (χ1) is 11.1. The summed E-state index contributed by atoms with van der Waals surface area (Å²) >= 11 is 4.69. The van der Waals surface area contributed by atoms with Crippen LogP contribution < -0.4 is 5.32 Å². The summed E-state index contributed by atoms with van der Waals surface area (Å²) < 4.78 is 0.901. The van der Waals surface area contributed by atoms with E-state index in [1.165, 1.54) is 11.3 Å². The molecule has 2 aromatic rings. The fourth-order valence-corrected chi connectivity index (χ4v) is 3.67. The second-order valence-corrected chi connectivity index (χ2v) is 7.99. The highest BCUT2D eigenvalue weighted by Crippen LogP contribution is 2.28. The SMILES string of the molecule is O=C(NCC(=O)N(Cc1ccccc1)C1CC1)c1ccc(Br)s1. The van der Waals surface area contributed by atoms with Crippen LogP contribution in [0.3, 0.4) is 0 Å². The minimum atomic E-state index is -0.204. The molecule has 1 N–H and O–H groups in total. The zero-order valence-corrected chi connectivity index (χ0v) is 14.9. The zero-order valence-electron chi connectivity index (χ0n) is 12.5. The molecule has 0 saturated heterocycles.